The van der Waals surface area contributed by atoms with Gasteiger partial charge in [0.2, 0.25) is 0 Å². The normalized spacial score (nSPS) is 14.1. The van der Waals surface area contributed by atoms with Crippen molar-refractivity contribution >= 4 is 34.8 Å². The Morgan fingerprint density at radius 3 is 2.30 bits per heavy atom. The Labute approximate surface area is 77.8 Å². The summed E-state index contributed by atoms with van der Waals surface area (Å²) in [4.78, 5) is 0.290. The van der Waals surface area contributed by atoms with Gasteiger partial charge in [0.05, 0.1) is 5.38 Å². The van der Waals surface area contributed by atoms with Gasteiger partial charge in [-0.05, 0) is 6.42 Å². The van der Waals surface area contributed by atoms with E-state index in [9.17, 15) is 0 Å². The van der Waals surface area contributed by atoms with Gasteiger partial charge in [0.1, 0.15) is 0 Å². The monoisotopic (exact) mass is 201 g/mol. The minimum Gasteiger partial charge on any atom is -0.120 e. The molecule has 0 fully saturated rings. The van der Waals surface area contributed by atoms with Crippen molar-refractivity contribution in [2.75, 3.05) is 0 Å². The van der Waals surface area contributed by atoms with Crippen molar-refractivity contribution < 1.29 is 0 Å². The Morgan fingerprint density at radius 2 is 1.90 bits per heavy atom. The zero-order chi connectivity index (χ0) is 7.98. The number of hydrogen-bond acceptors (Lipinski definition) is 0. The Morgan fingerprint density at radius 1 is 1.30 bits per heavy atom. The molecule has 0 spiro atoms. The zero-order valence-electron chi connectivity index (χ0n) is 6.04. The highest BCUT2D eigenvalue weighted by molar-refractivity contribution is 6.56. The molecule has 0 heterocycles. The summed E-state index contributed by atoms with van der Waals surface area (Å²) in [5.74, 6) is 0. The fourth-order valence-electron chi connectivity index (χ4n) is 0.683. The molecule has 0 N–H and O–H groups in total. The first-order valence-corrected chi connectivity index (χ1v) is 4.69. The Bertz CT molecular complexity index is 73.3. The molecule has 0 amide bonds. The van der Waals surface area contributed by atoms with Gasteiger partial charge in [-0.25, -0.2) is 0 Å². The van der Waals surface area contributed by atoms with Gasteiger partial charge in [-0.1, -0.05) is 49.4 Å². The van der Waals surface area contributed by atoms with E-state index in [1.807, 2.05) is 0 Å². The van der Waals surface area contributed by atoms with Gasteiger partial charge in [0.25, 0.3) is 0 Å². The number of hydrogen-bond donors (Lipinski definition) is 0. The van der Waals surface area contributed by atoms with Gasteiger partial charge in [-0.15, -0.1) is 11.6 Å². The summed E-state index contributed by atoms with van der Waals surface area (Å²) in [5, 5.41) is -0.158. The number of rotatable bonds is 5. The maximum absolute atomic E-state index is 5.75. The molecule has 0 saturated heterocycles. The third-order valence-corrected chi connectivity index (χ3v) is 2.48. The second-order valence-corrected chi connectivity index (χ2v) is 3.79. The summed E-state index contributed by atoms with van der Waals surface area (Å²) in [6.45, 7) is 2.15. The Balaban J connectivity index is 3.13. The molecular weight excluding hydrogens is 190 g/mol. The van der Waals surface area contributed by atoms with Crippen molar-refractivity contribution in [3.63, 3.8) is 0 Å². The van der Waals surface area contributed by atoms with E-state index in [1.54, 1.807) is 0 Å². The molecule has 0 nitrogen and oxygen atoms in total. The van der Waals surface area contributed by atoms with Crippen LogP contribution in [0.15, 0.2) is 0 Å². The fourth-order valence-corrected chi connectivity index (χ4v) is 1.06. The van der Waals surface area contributed by atoms with Crippen molar-refractivity contribution in [1.82, 2.24) is 0 Å². The molecule has 0 bridgehead atoms. The lowest BCUT2D eigenvalue weighted by atomic mass is 10.2. The summed E-state index contributed by atoms with van der Waals surface area (Å²) >= 11 is 16.7. The van der Waals surface area contributed by atoms with Crippen LogP contribution in [0.5, 0.6) is 0 Å². The molecule has 1 atom stereocenters. The molecule has 61 valence electrons. The Kier molecular flexibility index (Phi) is 7.14. The molecule has 0 saturated carbocycles. The van der Waals surface area contributed by atoms with Crippen molar-refractivity contribution in [1.29, 1.82) is 0 Å². The van der Waals surface area contributed by atoms with Crippen molar-refractivity contribution in [2.45, 2.75) is 38.0 Å². The van der Waals surface area contributed by atoms with Gasteiger partial charge in [-0.3, -0.25) is 0 Å². The van der Waals surface area contributed by atoms with Crippen LogP contribution in [0, 0.1) is 4.84 Å². The molecule has 0 rings (SSSR count). The highest BCUT2D eigenvalue weighted by atomic mass is 35.5. The van der Waals surface area contributed by atoms with E-state index >= 15 is 0 Å². The van der Waals surface area contributed by atoms with Crippen LogP contribution in [-0.4, -0.2) is 5.38 Å². The zero-order valence-corrected chi connectivity index (χ0v) is 8.31. The summed E-state index contributed by atoms with van der Waals surface area (Å²) in [6, 6.07) is 0. The number of halogens is 3. The topological polar surface area (TPSA) is 0 Å². The second kappa shape index (κ2) is 6.57. The number of alkyl halides is 1. The molecule has 0 aromatic rings. The van der Waals surface area contributed by atoms with E-state index in [2.05, 4.69) is 6.92 Å². The molecule has 0 aliphatic rings. The van der Waals surface area contributed by atoms with Crippen molar-refractivity contribution in [3.8, 4) is 0 Å². The average Bonchev–Trinajstić information content (AvgIpc) is 1.88. The third kappa shape index (κ3) is 5.64. The smallest absolute Gasteiger partial charge is 0.120 e. The molecule has 0 aliphatic heterocycles. The summed E-state index contributed by atoms with van der Waals surface area (Å²) in [6.07, 6.45) is 4.39. The van der Waals surface area contributed by atoms with Gasteiger partial charge in [0.15, 0.2) is 4.84 Å². The van der Waals surface area contributed by atoms with E-state index in [0.717, 1.165) is 12.8 Å². The maximum Gasteiger partial charge on any atom is 0.168 e. The van der Waals surface area contributed by atoms with Crippen LogP contribution in [0.1, 0.15) is 32.6 Å². The third-order valence-electron chi connectivity index (χ3n) is 1.30. The molecule has 1 unspecified atom stereocenters. The molecule has 0 aliphatic carbocycles. The maximum atomic E-state index is 5.75. The quantitative estimate of drug-likeness (QED) is 0.464. The molecule has 0 aromatic heterocycles. The lowest BCUT2D eigenvalue weighted by Crippen LogP contribution is -2.00. The Hall–Kier alpha value is 0.870. The summed E-state index contributed by atoms with van der Waals surface area (Å²) in [7, 11) is 0. The van der Waals surface area contributed by atoms with E-state index in [-0.39, 0.29) is 10.2 Å². The molecule has 0 aromatic carbocycles. The van der Waals surface area contributed by atoms with Crippen LogP contribution in [0.3, 0.4) is 0 Å². The predicted molar refractivity (Wildman–Crippen MR) is 48.7 cm³/mol. The first-order chi connectivity index (χ1) is 4.68. The molecule has 10 heavy (non-hydrogen) atoms. The lowest BCUT2D eigenvalue weighted by Gasteiger charge is -2.07. The van der Waals surface area contributed by atoms with Gasteiger partial charge in [0, 0.05) is 0 Å². The van der Waals surface area contributed by atoms with Crippen molar-refractivity contribution in [3.05, 3.63) is 4.84 Å². The highest BCUT2D eigenvalue weighted by Gasteiger charge is 2.13. The highest BCUT2D eigenvalue weighted by Crippen LogP contribution is 2.26. The first kappa shape index (κ1) is 10.9. The van der Waals surface area contributed by atoms with E-state index in [4.69, 9.17) is 34.8 Å². The van der Waals surface area contributed by atoms with Crippen LogP contribution in [0.25, 0.3) is 0 Å². The van der Waals surface area contributed by atoms with Gasteiger partial charge < -0.3 is 0 Å². The molecular formula is C7H12Cl3. The van der Waals surface area contributed by atoms with Crippen LogP contribution < -0.4 is 0 Å². The largest absolute Gasteiger partial charge is 0.168 e. The summed E-state index contributed by atoms with van der Waals surface area (Å²) < 4.78 is 0. The second-order valence-electron chi connectivity index (χ2n) is 2.25. The summed E-state index contributed by atoms with van der Waals surface area (Å²) in [5.41, 5.74) is 0. The van der Waals surface area contributed by atoms with Gasteiger partial charge >= 0.3 is 0 Å². The predicted octanol–water partition coefficient (Wildman–Crippen LogP) is 4.14. The van der Waals surface area contributed by atoms with E-state index < -0.39 is 0 Å². The molecule has 3 heteroatoms. The SMILES string of the molecule is CCCCCC(Cl)[C](Cl)Cl. The molecule has 1 radical (unpaired) electrons. The van der Waals surface area contributed by atoms with Crippen LogP contribution in [0.4, 0.5) is 0 Å². The number of unbranched alkanes of at least 4 members (excludes halogenated alkanes) is 2. The van der Waals surface area contributed by atoms with E-state index in [1.165, 1.54) is 12.8 Å². The van der Waals surface area contributed by atoms with Gasteiger partial charge in [-0.2, -0.15) is 0 Å². The van der Waals surface area contributed by atoms with E-state index in [0.29, 0.717) is 0 Å². The van der Waals surface area contributed by atoms with Crippen LogP contribution >= 0.6 is 34.8 Å². The standard InChI is InChI=1S/C7H12Cl3/c1-2-3-4-5-6(8)7(9)10/h6H,2-5H2,1H3. The fraction of sp³-hybridized carbons (Fsp3) is 0.857. The van der Waals surface area contributed by atoms with Crippen LogP contribution in [-0.2, 0) is 0 Å². The first-order valence-electron chi connectivity index (χ1n) is 3.50. The average molecular weight is 203 g/mol. The minimum absolute atomic E-state index is 0.158. The van der Waals surface area contributed by atoms with Crippen LogP contribution in [0.2, 0.25) is 0 Å². The minimum atomic E-state index is -0.158. The van der Waals surface area contributed by atoms with Crippen molar-refractivity contribution in [2.24, 2.45) is 0 Å². The lowest BCUT2D eigenvalue weighted by molar-refractivity contribution is 0.670.